The van der Waals surface area contributed by atoms with Crippen LogP contribution in [0.15, 0.2) is 267 Å². The molecular formula is C114H128BCl3F4N12O11. The summed E-state index contributed by atoms with van der Waals surface area (Å²) in [6, 6.07) is 70.0. The fourth-order valence-electron chi connectivity index (χ4n) is 14.9. The molecule has 4 aliphatic heterocycles. The minimum absolute atomic E-state index is 0.0995. The summed E-state index contributed by atoms with van der Waals surface area (Å²) in [5, 5.41) is 19.5. The van der Waals surface area contributed by atoms with Gasteiger partial charge in [-0.3, -0.25) is 9.59 Å². The molecule has 4 saturated heterocycles. The summed E-state index contributed by atoms with van der Waals surface area (Å²) in [4.78, 5) is 82.6. The van der Waals surface area contributed by atoms with Gasteiger partial charge in [0.2, 0.25) is 17.9 Å². The molecule has 0 unspecified atom stereocenters. The Bertz CT molecular complexity index is 6180. The van der Waals surface area contributed by atoms with E-state index in [4.69, 9.17) is 73.7 Å². The van der Waals surface area contributed by atoms with Gasteiger partial charge in [0.15, 0.2) is 0 Å². The van der Waals surface area contributed by atoms with Crippen LogP contribution in [-0.4, -0.2) is 191 Å². The Morgan fingerprint density at radius 3 is 0.855 bits per heavy atom. The van der Waals surface area contributed by atoms with E-state index in [-0.39, 0.29) is 47.2 Å². The summed E-state index contributed by atoms with van der Waals surface area (Å²) < 4.78 is 80.8. The number of hydrogen-bond acceptors (Lipinski definition) is 20. The quantitative estimate of drug-likeness (QED) is 0.0199. The average molecular weight is 2040 g/mol. The number of hydrogen-bond donors (Lipinski definition) is 2. The molecule has 12 aromatic rings. The van der Waals surface area contributed by atoms with Crippen LogP contribution in [0.4, 0.5) is 45.1 Å². The number of pyridine rings is 4. The zero-order chi connectivity index (χ0) is 105. The van der Waals surface area contributed by atoms with Crippen LogP contribution in [0.25, 0.3) is 51.1 Å². The first-order chi connectivity index (χ1) is 69.0. The van der Waals surface area contributed by atoms with E-state index in [1.54, 1.807) is 87.2 Å². The normalized spacial score (nSPS) is 13.6. The molecule has 762 valence electrons. The molecule has 4 fully saturated rings. The van der Waals surface area contributed by atoms with Crippen molar-refractivity contribution in [3.8, 4) is 91.0 Å². The maximum absolute atomic E-state index is 13.1. The van der Waals surface area contributed by atoms with Crippen molar-refractivity contribution >= 4 is 95.5 Å². The van der Waals surface area contributed by atoms with Crippen molar-refractivity contribution in [2.75, 3.05) is 111 Å². The van der Waals surface area contributed by atoms with E-state index in [1.807, 2.05) is 178 Å². The minimum atomic E-state index is -1.01. The van der Waals surface area contributed by atoms with Crippen LogP contribution < -0.4 is 38.5 Å². The number of aromatic nitrogens is 4. The van der Waals surface area contributed by atoms with Gasteiger partial charge in [-0.25, -0.2) is 52.1 Å². The van der Waals surface area contributed by atoms with Crippen molar-refractivity contribution in [3.05, 3.63) is 306 Å². The summed E-state index contributed by atoms with van der Waals surface area (Å²) in [6.07, 6.45) is 7.81. The predicted octanol–water partition coefficient (Wildman–Crippen LogP) is 26.3. The molecule has 2 radical (unpaired) electrons. The van der Waals surface area contributed by atoms with E-state index in [1.165, 1.54) is 79.8 Å². The average Bonchev–Trinajstić information content (AvgIpc) is 0.825. The number of halogens is 7. The van der Waals surface area contributed by atoms with Crippen LogP contribution in [0.1, 0.15) is 128 Å². The third kappa shape index (κ3) is 37.5. The number of amides is 3. The Labute approximate surface area is 865 Å². The first-order valence-electron chi connectivity index (χ1n) is 48.3. The molecule has 16 rings (SSSR count). The van der Waals surface area contributed by atoms with Crippen LogP contribution in [0.2, 0.25) is 15.5 Å². The number of benzene rings is 8. The standard InChI is InChI=1S/C28H30FN3O2.C26H27ClFN3O3.C26H27ClFN3O2.C22H20ClFN2O.C6H14O2.C4H7NO.C2H3B/c1-4-23-18-24(31-13-15-32(16-14-31)28(33)17-20(2)3)19-27(30-23)21-5-9-25(10-6-21)34-26-11-7-22(29)8-12-26;1-26(2,3)34-25(32)31-14-12-30(13-15-31)20-16-23(29-24(27)17-20)18-4-8-21(9-5-18)33-22-10-6-19(28)7-11-22;1-18(2)15-26(32)31-13-11-30(12-14-31)21-16-24(29-25(27)17-21)19-3-7-22(8-4-19)33-23-9-5-20(28)6-10-23;23-22-15-18(26-12-2-1-3-13-26)14-21(25-22)16-4-8-19(9-5-16)27-20-10-6-17(24)7-11-20;1-5(2,7)6(3,4)8;1-4(2)5-3-6;1-2-3/h4-12,18-20H,1,13-17H2,2-3H3;4-11,16-17H,12-15H2,1-3H3;3-10,16-18H,11-15H2,1-2H3;4-11,14-15H,1-3,12-13H2;7-8H,1-4H3;4H,1-2H3;2H,1H2. The van der Waals surface area contributed by atoms with Crippen LogP contribution in [0.3, 0.4) is 0 Å². The third-order valence-electron chi connectivity index (χ3n) is 23.2. The maximum Gasteiger partial charge on any atom is 0.410 e. The number of nitrogens with zero attached hydrogens (tertiary/aromatic N) is 12. The molecule has 8 heterocycles. The SMILES string of the molecule is C=Cc1cc(N2CCN(C(=O)CC(C)C)CC2)cc(-c2ccc(Oc3ccc(F)cc3)cc2)n1.CC(C)(C)OC(=O)N1CCN(c2cc(Cl)nc(-c3ccc(Oc4ccc(F)cc4)cc3)c2)CC1.CC(C)(O)C(C)(C)O.CC(C)CC(=O)N1CCN(c2cc(Cl)nc(-c3ccc(Oc4ccc(F)cc4)cc3)c2)CC1.CC(C)N=C=O.Fc1ccc(Oc2ccc(-c3cc(N4CCCCC4)cc(Cl)n3)cc2)cc1.[B]C=C. The van der Waals surface area contributed by atoms with Gasteiger partial charge in [0.05, 0.1) is 45.7 Å². The Morgan fingerprint density at radius 1 is 0.386 bits per heavy atom. The van der Waals surface area contributed by atoms with E-state index in [0.717, 1.165) is 126 Å². The van der Waals surface area contributed by atoms with Gasteiger partial charge in [0.1, 0.15) is 98.2 Å². The molecule has 0 bridgehead atoms. The van der Waals surface area contributed by atoms with Crippen LogP contribution in [-0.2, 0) is 19.1 Å². The van der Waals surface area contributed by atoms with E-state index in [2.05, 4.69) is 100 Å². The smallest absolute Gasteiger partial charge is 0.410 e. The molecule has 31 heteroatoms. The molecule has 0 saturated carbocycles. The number of rotatable bonds is 23. The van der Waals surface area contributed by atoms with Crippen molar-refractivity contribution in [1.29, 1.82) is 0 Å². The highest BCUT2D eigenvalue weighted by molar-refractivity contribution is 6.30. The zero-order valence-electron chi connectivity index (χ0n) is 84.5. The molecule has 8 aromatic carbocycles. The first-order valence-corrected chi connectivity index (χ1v) is 49.4. The molecule has 23 nitrogen and oxygen atoms in total. The highest BCUT2D eigenvalue weighted by Gasteiger charge is 2.33. The molecule has 0 spiro atoms. The number of carbonyl (C=O) groups is 3. The van der Waals surface area contributed by atoms with E-state index < -0.39 is 16.8 Å². The number of carbonyl (C=O) groups excluding carboxylic acids is 4. The largest absolute Gasteiger partial charge is 0.457 e. The molecular weight excluding hydrogens is 1910 g/mol. The zero-order valence-corrected chi connectivity index (χ0v) is 86.8. The monoisotopic (exact) mass is 2030 g/mol. The maximum atomic E-state index is 13.1. The second kappa shape index (κ2) is 54.9. The fraction of sp³-hybridized carbons (Fsp3) is 0.333. The lowest BCUT2D eigenvalue weighted by Crippen LogP contribution is -2.50. The first kappa shape index (κ1) is 113. The van der Waals surface area contributed by atoms with Gasteiger partial charge < -0.3 is 68.2 Å². The van der Waals surface area contributed by atoms with E-state index >= 15 is 0 Å². The number of piperazine rings is 3. The molecule has 0 aliphatic carbocycles. The molecule has 4 aliphatic rings. The predicted molar refractivity (Wildman–Crippen MR) is 574 cm³/mol. The lowest BCUT2D eigenvalue weighted by atomic mass is 9.90. The van der Waals surface area contributed by atoms with Crippen molar-refractivity contribution in [2.24, 2.45) is 16.8 Å². The number of piperidine rings is 1. The van der Waals surface area contributed by atoms with Gasteiger partial charge in [-0.2, -0.15) is 0 Å². The number of ether oxygens (including phenoxy) is 5. The van der Waals surface area contributed by atoms with Crippen molar-refractivity contribution in [1.82, 2.24) is 34.6 Å². The van der Waals surface area contributed by atoms with Gasteiger partial charge >= 0.3 is 6.09 Å². The van der Waals surface area contributed by atoms with E-state index in [0.29, 0.717) is 125 Å². The summed E-state index contributed by atoms with van der Waals surface area (Å²) >= 11 is 19.0. The lowest BCUT2D eigenvalue weighted by molar-refractivity contribution is -0.133. The van der Waals surface area contributed by atoms with Crippen LogP contribution in [0, 0.1) is 35.1 Å². The topological polar surface area (TPSA) is 241 Å². The molecule has 145 heavy (non-hydrogen) atoms. The second-order valence-electron chi connectivity index (χ2n) is 37.9. The lowest BCUT2D eigenvalue weighted by Gasteiger charge is -2.36. The Morgan fingerprint density at radius 2 is 0.628 bits per heavy atom. The Hall–Kier alpha value is -13.6. The second-order valence-corrected chi connectivity index (χ2v) is 39.0. The minimum Gasteiger partial charge on any atom is -0.457 e. The summed E-state index contributed by atoms with van der Waals surface area (Å²) in [7, 11) is 4.61. The van der Waals surface area contributed by atoms with Gasteiger partial charge in [0.25, 0.3) is 0 Å². The van der Waals surface area contributed by atoms with Gasteiger partial charge in [-0.05, 0) is 342 Å². The number of anilines is 4. The summed E-state index contributed by atoms with van der Waals surface area (Å²) in [5.74, 6) is 6.19. The van der Waals surface area contributed by atoms with Gasteiger partial charge in [0, 0.05) is 149 Å². The van der Waals surface area contributed by atoms with Crippen LogP contribution in [0.5, 0.6) is 46.0 Å². The van der Waals surface area contributed by atoms with Crippen molar-refractivity contribution in [2.45, 2.75) is 145 Å². The number of aliphatic imine (C=N–C) groups is 1. The van der Waals surface area contributed by atoms with Crippen LogP contribution >= 0.6 is 34.8 Å². The number of isocyanates is 1. The number of aliphatic hydroxyl groups is 2. The molecule has 2 N–H and O–H groups in total. The van der Waals surface area contributed by atoms with Gasteiger partial charge in [-0.1, -0.05) is 69.1 Å². The summed E-state index contributed by atoms with van der Waals surface area (Å²) in [6.45, 7) is 41.4. The Balaban J connectivity index is 0.000000188. The molecule has 0 atom stereocenters. The van der Waals surface area contributed by atoms with E-state index in [9.17, 15) is 36.7 Å². The highest BCUT2D eigenvalue weighted by Crippen LogP contribution is 2.37. The van der Waals surface area contributed by atoms with Crippen molar-refractivity contribution < 1.29 is 70.6 Å². The highest BCUT2D eigenvalue weighted by atomic mass is 35.5. The Kier molecular flexibility index (Phi) is 42.9. The van der Waals surface area contributed by atoms with Gasteiger partial charge in [-0.15, -0.1) is 12.6 Å². The fourth-order valence-corrected chi connectivity index (χ4v) is 15.5. The molecule has 4 aromatic heterocycles. The van der Waals surface area contributed by atoms with Crippen molar-refractivity contribution in [3.63, 3.8) is 0 Å². The molecule has 3 amide bonds. The summed E-state index contributed by atoms with van der Waals surface area (Å²) in [5.41, 5.74) is 9.35. The third-order valence-corrected chi connectivity index (χ3v) is 23.7.